The van der Waals surface area contributed by atoms with Crippen molar-refractivity contribution in [1.29, 1.82) is 0 Å². The molecule has 2 aliphatic rings. The van der Waals surface area contributed by atoms with Gasteiger partial charge in [0.15, 0.2) is 0 Å². The van der Waals surface area contributed by atoms with Crippen molar-refractivity contribution in [1.82, 2.24) is 4.90 Å². The van der Waals surface area contributed by atoms with Crippen molar-refractivity contribution in [3.8, 4) is 0 Å². The summed E-state index contributed by atoms with van der Waals surface area (Å²) in [5, 5.41) is 0. The quantitative estimate of drug-likeness (QED) is 0.563. The zero-order chi connectivity index (χ0) is 7.84. The number of nitrogens with zero attached hydrogens (tertiary/aromatic N) is 1. The highest BCUT2D eigenvalue weighted by Gasteiger charge is 2.33. The number of hydrogen-bond acceptors (Lipinski definition) is 2. The third-order valence-electron chi connectivity index (χ3n) is 3.43. The molecule has 2 nitrogen and oxygen atoms in total. The minimum Gasteiger partial charge on any atom is -0.328 e. The van der Waals surface area contributed by atoms with Gasteiger partial charge in [-0.2, -0.15) is 0 Å². The molecule has 64 valence electrons. The molecule has 0 unspecified atom stereocenters. The Hall–Kier alpha value is -0.0800. The molecule has 3 atom stereocenters. The second-order valence-electron chi connectivity index (χ2n) is 4.12. The summed E-state index contributed by atoms with van der Waals surface area (Å²) in [6.07, 6.45) is 6.59. The minimum absolute atomic E-state index is 0.479. The summed E-state index contributed by atoms with van der Waals surface area (Å²) in [5.74, 6) is 0. The predicted octanol–water partition coefficient (Wildman–Crippen LogP) is 0.960. The zero-order valence-corrected chi connectivity index (χ0v) is 7.29. The van der Waals surface area contributed by atoms with E-state index in [0.29, 0.717) is 6.04 Å². The van der Waals surface area contributed by atoms with Crippen LogP contribution in [0.3, 0.4) is 0 Å². The average molecular weight is 154 g/mol. The fraction of sp³-hybridized carbons (Fsp3) is 1.00. The molecule has 2 bridgehead atoms. The molecule has 0 aliphatic carbocycles. The van der Waals surface area contributed by atoms with E-state index >= 15 is 0 Å². The Bertz CT molecular complexity index is 146. The fourth-order valence-electron chi connectivity index (χ4n) is 2.60. The van der Waals surface area contributed by atoms with Crippen LogP contribution in [0.15, 0.2) is 0 Å². The van der Waals surface area contributed by atoms with Crippen molar-refractivity contribution in [2.45, 2.75) is 50.2 Å². The van der Waals surface area contributed by atoms with Gasteiger partial charge < -0.3 is 10.6 Å². The SMILES string of the molecule is CN1[C@@H]2CC[C@H](N)C[C@@H]1CC2. The molecule has 0 saturated carbocycles. The third kappa shape index (κ3) is 1.30. The maximum atomic E-state index is 5.96. The first-order valence-electron chi connectivity index (χ1n) is 4.75. The highest BCUT2D eigenvalue weighted by Crippen LogP contribution is 2.31. The average Bonchev–Trinajstić information content (AvgIpc) is 2.20. The second-order valence-corrected chi connectivity index (χ2v) is 4.12. The van der Waals surface area contributed by atoms with E-state index in [0.717, 1.165) is 12.1 Å². The van der Waals surface area contributed by atoms with Crippen molar-refractivity contribution in [3.05, 3.63) is 0 Å². The van der Waals surface area contributed by atoms with Crippen LogP contribution in [-0.2, 0) is 0 Å². The largest absolute Gasteiger partial charge is 0.328 e. The maximum Gasteiger partial charge on any atom is 0.0110 e. The van der Waals surface area contributed by atoms with E-state index in [9.17, 15) is 0 Å². The molecule has 0 aromatic rings. The van der Waals surface area contributed by atoms with Crippen LogP contribution in [0.4, 0.5) is 0 Å². The van der Waals surface area contributed by atoms with Gasteiger partial charge in [-0.3, -0.25) is 0 Å². The lowest BCUT2D eigenvalue weighted by atomic mass is 9.98. The van der Waals surface area contributed by atoms with Gasteiger partial charge >= 0.3 is 0 Å². The summed E-state index contributed by atoms with van der Waals surface area (Å²) in [7, 11) is 2.26. The Morgan fingerprint density at radius 1 is 1.09 bits per heavy atom. The summed E-state index contributed by atoms with van der Waals surface area (Å²) < 4.78 is 0. The van der Waals surface area contributed by atoms with Gasteiger partial charge in [0, 0.05) is 18.1 Å². The number of hydrogen-bond donors (Lipinski definition) is 1. The molecule has 2 heterocycles. The Morgan fingerprint density at radius 2 is 1.73 bits per heavy atom. The molecule has 0 spiro atoms. The normalized spacial score (nSPS) is 45.8. The molecule has 0 amide bonds. The Labute approximate surface area is 68.7 Å². The van der Waals surface area contributed by atoms with Crippen molar-refractivity contribution >= 4 is 0 Å². The van der Waals surface area contributed by atoms with Crippen LogP contribution in [0, 0.1) is 0 Å². The van der Waals surface area contributed by atoms with Crippen molar-refractivity contribution in [3.63, 3.8) is 0 Å². The first-order valence-corrected chi connectivity index (χ1v) is 4.75. The summed E-state index contributed by atoms with van der Waals surface area (Å²) >= 11 is 0. The van der Waals surface area contributed by atoms with Crippen LogP contribution in [-0.4, -0.2) is 30.1 Å². The zero-order valence-electron chi connectivity index (χ0n) is 7.29. The molecular weight excluding hydrogens is 136 g/mol. The lowest BCUT2D eigenvalue weighted by molar-refractivity contribution is 0.242. The van der Waals surface area contributed by atoms with Crippen LogP contribution >= 0.6 is 0 Å². The van der Waals surface area contributed by atoms with Gasteiger partial charge in [-0.05, 0) is 39.2 Å². The highest BCUT2D eigenvalue weighted by molar-refractivity contribution is 4.91. The number of fused-ring (bicyclic) bond motifs is 2. The van der Waals surface area contributed by atoms with Crippen LogP contribution < -0.4 is 5.73 Å². The number of nitrogens with two attached hydrogens (primary N) is 1. The standard InChI is InChI=1S/C9H18N2/c1-11-8-3-2-7(10)6-9(11)5-4-8/h7-9H,2-6,10H2,1H3/t7-,8+,9-/m0/s1. The molecular formula is C9H18N2. The van der Waals surface area contributed by atoms with E-state index in [1.54, 1.807) is 0 Å². The lowest BCUT2D eigenvalue weighted by Crippen LogP contribution is -2.32. The predicted molar refractivity (Wildman–Crippen MR) is 46.4 cm³/mol. The number of rotatable bonds is 0. The summed E-state index contributed by atoms with van der Waals surface area (Å²) in [4.78, 5) is 2.55. The monoisotopic (exact) mass is 154 g/mol. The minimum atomic E-state index is 0.479. The molecule has 0 radical (unpaired) electrons. The highest BCUT2D eigenvalue weighted by atomic mass is 15.2. The molecule has 2 fully saturated rings. The van der Waals surface area contributed by atoms with E-state index in [1.807, 2.05) is 0 Å². The van der Waals surface area contributed by atoms with Gasteiger partial charge in [-0.1, -0.05) is 0 Å². The van der Waals surface area contributed by atoms with Gasteiger partial charge in [0.05, 0.1) is 0 Å². The Balaban J connectivity index is 2.07. The van der Waals surface area contributed by atoms with Crippen LogP contribution in [0.1, 0.15) is 32.1 Å². The summed E-state index contributed by atoms with van der Waals surface area (Å²) in [5.41, 5.74) is 5.96. The Kier molecular flexibility index (Phi) is 1.90. The van der Waals surface area contributed by atoms with Crippen LogP contribution in [0.5, 0.6) is 0 Å². The molecule has 2 aliphatic heterocycles. The molecule has 2 heteroatoms. The maximum absolute atomic E-state index is 5.96. The first kappa shape index (κ1) is 7.56. The first-order chi connectivity index (χ1) is 5.27. The molecule has 2 rings (SSSR count). The molecule has 0 aromatic heterocycles. The Morgan fingerprint density at radius 3 is 2.55 bits per heavy atom. The molecule has 2 N–H and O–H groups in total. The molecule has 0 aromatic carbocycles. The van der Waals surface area contributed by atoms with E-state index in [4.69, 9.17) is 5.73 Å². The van der Waals surface area contributed by atoms with Gasteiger partial charge in [0.2, 0.25) is 0 Å². The van der Waals surface area contributed by atoms with E-state index < -0.39 is 0 Å². The lowest BCUT2D eigenvalue weighted by Gasteiger charge is -2.22. The topological polar surface area (TPSA) is 29.3 Å². The van der Waals surface area contributed by atoms with Gasteiger partial charge in [0.25, 0.3) is 0 Å². The van der Waals surface area contributed by atoms with Gasteiger partial charge in [-0.15, -0.1) is 0 Å². The second kappa shape index (κ2) is 2.76. The molecule has 2 saturated heterocycles. The van der Waals surface area contributed by atoms with Crippen LogP contribution in [0.25, 0.3) is 0 Å². The van der Waals surface area contributed by atoms with E-state index in [2.05, 4.69) is 11.9 Å². The van der Waals surface area contributed by atoms with Crippen molar-refractivity contribution < 1.29 is 0 Å². The third-order valence-corrected chi connectivity index (χ3v) is 3.43. The summed E-state index contributed by atoms with van der Waals surface area (Å²) in [6.45, 7) is 0. The van der Waals surface area contributed by atoms with Gasteiger partial charge in [-0.25, -0.2) is 0 Å². The van der Waals surface area contributed by atoms with E-state index in [1.165, 1.54) is 32.1 Å². The smallest absolute Gasteiger partial charge is 0.0110 e. The fourth-order valence-corrected chi connectivity index (χ4v) is 2.60. The van der Waals surface area contributed by atoms with E-state index in [-0.39, 0.29) is 0 Å². The van der Waals surface area contributed by atoms with Crippen molar-refractivity contribution in [2.24, 2.45) is 5.73 Å². The summed E-state index contributed by atoms with van der Waals surface area (Å²) in [6, 6.07) is 2.14. The van der Waals surface area contributed by atoms with Crippen molar-refractivity contribution in [2.75, 3.05) is 7.05 Å². The van der Waals surface area contributed by atoms with Crippen LogP contribution in [0.2, 0.25) is 0 Å². The van der Waals surface area contributed by atoms with Gasteiger partial charge in [0.1, 0.15) is 0 Å². The molecule has 11 heavy (non-hydrogen) atoms.